The summed E-state index contributed by atoms with van der Waals surface area (Å²) >= 11 is 0. The fraction of sp³-hybridized carbons (Fsp3) is 0.684. The maximum Gasteiger partial charge on any atom is 0.270 e. The first-order valence-corrected chi connectivity index (χ1v) is 9.29. The monoisotopic (exact) mass is 347 g/mol. The van der Waals surface area contributed by atoms with Crippen LogP contribution in [0.5, 0.6) is 5.75 Å². The third-order valence-corrected chi connectivity index (χ3v) is 5.32. The van der Waals surface area contributed by atoms with Crippen LogP contribution in [0.25, 0.3) is 0 Å². The van der Waals surface area contributed by atoms with Gasteiger partial charge in [0.25, 0.3) is 5.91 Å². The number of carbonyl (C=O) groups excluding carboxylic acids is 1. The quantitative estimate of drug-likeness (QED) is 0.884. The van der Waals surface area contributed by atoms with Gasteiger partial charge in [0.05, 0.1) is 7.11 Å². The van der Waals surface area contributed by atoms with Gasteiger partial charge >= 0.3 is 0 Å². The first-order chi connectivity index (χ1) is 12.0. The summed E-state index contributed by atoms with van der Waals surface area (Å²) in [6.45, 7) is 8.11. The zero-order valence-corrected chi connectivity index (χ0v) is 15.5. The second kappa shape index (κ2) is 7.60. The Balaban J connectivity index is 1.75. The molecule has 1 unspecified atom stereocenters. The number of aromatic nitrogens is 1. The van der Waals surface area contributed by atoms with Gasteiger partial charge in [0, 0.05) is 44.5 Å². The lowest BCUT2D eigenvalue weighted by atomic mass is 10.0. The summed E-state index contributed by atoms with van der Waals surface area (Å²) in [5.41, 5.74) is 0.0686. The van der Waals surface area contributed by atoms with E-state index in [9.17, 15) is 9.59 Å². The highest BCUT2D eigenvalue weighted by Gasteiger charge is 2.33. The fourth-order valence-corrected chi connectivity index (χ4v) is 3.65. The third-order valence-electron chi connectivity index (χ3n) is 5.32. The van der Waals surface area contributed by atoms with Crippen LogP contribution in [0.4, 0.5) is 0 Å². The van der Waals surface area contributed by atoms with E-state index in [4.69, 9.17) is 4.74 Å². The Hall–Kier alpha value is -1.82. The van der Waals surface area contributed by atoms with Gasteiger partial charge < -0.3 is 14.6 Å². The highest BCUT2D eigenvalue weighted by molar-refractivity contribution is 5.92. The Labute approximate surface area is 149 Å². The zero-order chi connectivity index (χ0) is 18.0. The maximum absolute atomic E-state index is 12.9. The second-order valence-electron chi connectivity index (χ2n) is 7.63. The molecule has 1 N–H and O–H groups in total. The van der Waals surface area contributed by atoms with Crippen molar-refractivity contribution in [1.29, 1.82) is 0 Å². The number of rotatable bonds is 5. The van der Waals surface area contributed by atoms with Crippen molar-refractivity contribution in [3.05, 3.63) is 28.2 Å². The Kier molecular flexibility index (Phi) is 5.47. The van der Waals surface area contributed by atoms with Crippen molar-refractivity contribution in [2.24, 2.45) is 11.8 Å². The molecule has 138 valence electrons. The normalized spacial score (nSPS) is 22.1. The van der Waals surface area contributed by atoms with E-state index in [1.54, 1.807) is 0 Å². The van der Waals surface area contributed by atoms with E-state index < -0.39 is 0 Å². The number of hydrogen-bond donors (Lipinski definition) is 1. The Bertz CT molecular complexity index is 666. The molecule has 2 fully saturated rings. The number of ether oxygens (including phenoxy) is 1. The molecule has 1 aliphatic heterocycles. The van der Waals surface area contributed by atoms with E-state index in [1.807, 2.05) is 4.90 Å². The lowest BCUT2D eigenvalue weighted by molar-refractivity contribution is 0.0698. The highest BCUT2D eigenvalue weighted by atomic mass is 16.5. The molecule has 3 rings (SSSR count). The summed E-state index contributed by atoms with van der Waals surface area (Å²) in [7, 11) is 1.45. The first-order valence-electron chi connectivity index (χ1n) is 9.29. The standard InChI is InChI=1S/C19H29N3O3/c1-13(2)16-12-22(8-4-7-21(16)11-14-5-6-14)19(24)15-9-17(23)18(25-3)10-20-15/h9-10,13-14,16H,4-8,11-12H2,1-3H3,(H,20,23). The van der Waals surface area contributed by atoms with Crippen molar-refractivity contribution in [3.63, 3.8) is 0 Å². The molecule has 1 amide bonds. The summed E-state index contributed by atoms with van der Waals surface area (Å²) < 4.78 is 4.98. The van der Waals surface area contributed by atoms with Crippen molar-refractivity contribution in [1.82, 2.24) is 14.8 Å². The molecule has 0 bridgehead atoms. The molecular formula is C19H29N3O3. The molecule has 2 heterocycles. The van der Waals surface area contributed by atoms with Gasteiger partial charge in [0.15, 0.2) is 5.75 Å². The highest BCUT2D eigenvalue weighted by Crippen LogP contribution is 2.32. The number of aromatic amines is 1. The molecule has 1 aromatic rings. The van der Waals surface area contributed by atoms with Crippen LogP contribution >= 0.6 is 0 Å². The van der Waals surface area contributed by atoms with Crippen LogP contribution in [0.3, 0.4) is 0 Å². The van der Waals surface area contributed by atoms with E-state index in [1.165, 1.54) is 32.2 Å². The van der Waals surface area contributed by atoms with E-state index >= 15 is 0 Å². The minimum Gasteiger partial charge on any atom is -0.491 e. The van der Waals surface area contributed by atoms with E-state index in [2.05, 4.69) is 23.7 Å². The molecule has 25 heavy (non-hydrogen) atoms. The fourth-order valence-electron chi connectivity index (χ4n) is 3.65. The molecular weight excluding hydrogens is 318 g/mol. The average Bonchev–Trinajstić information content (AvgIpc) is 3.41. The molecule has 0 radical (unpaired) electrons. The van der Waals surface area contributed by atoms with Gasteiger partial charge in [-0.15, -0.1) is 0 Å². The number of hydrogen-bond acceptors (Lipinski definition) is 4. The number of pyridine rings is 1. The van der Waals surface area contributed by atoms with Crippen LogP contribution in [0.2, 0.25) is 0 Å². The lowest BCUT2D eigenvalue weighted by Gasteiger charge is -2.34. The number of carbonyl (C=O) groups is 1. The van der Waals surface area contributed by atoms with Crippen LogP contribution < -0.4 is 10.2 Å². The van der Waals surface area contributed by atoms with Crippen molar-refractivity contribution in [3.8, 4) is 5.75 Å². The molecule has 0 spiro atoms. The molecule has 0 aromatic carbocycles. The molecule has 6 heteroatoms. The van der Waals surface area contributed by atoms with Crippen molar-refractivity contribution in [2.45, 2.75) is 39.2 Å². The number of amides is 1. The van der Waals surface area contributed by atoms with Crippen molar-refractivity contribution in [2.75, 3.05) is 33.3 Å². The van der Waals surface area contributed by atoms with Crippen molar-refractivity contribution >= 4 is 5.91 Å². The predicted octanol–water partition coefficient (Wildman–Crippen LogP) is 1.97. The largest absolute Gasteiger partial charge is 0.491 e. The van der Waals surface area contributed by atoms with Gasteiger partial charge in [0.2, 0.25) is 5.43 Å². The number of nitrogens with zero attached hydrogens (tertiary/aromatic N) is 2. The summed E-state index contributed by atoms with van der Waals surface area (Å²) in [6, 6.07) is 1.72. The van der Waals surface area contributed by atoms with E-state index in [0.29, 0.717) is 17.7 Å². The zero-order valence-electron chi connectivity index (χ0n) is 15.5. The molecule has 6 nitrogen and oxygen atoms in total. The van der Waals surface area contributed by atoms with Crippen LogP contribution in [-0.4, -0.2) is 60.0 Å². The number of nitrogens with one attached hydrogen (secondary N) is 1. The summed E-state index contributed by atoms with van der Waals surface area (Å²) in [5, 5.41) is 0. The topological polar surface area (TPSA) is 65.6 Å². The third kappa shape index (κ3) is 4.24. The smallest absolute Gasteiger partial charge is 0.270 e. The van der Waals surface area contributed by atoms with Crippen molar-refractivity contribution < 1.29 is 9.53 Å². The van der Waals surface area contributed by atoms with Gasteiger partial charge in [0.1, 0.15) is 5.69 Å². The second-order valence-corrected chi connectivity index (χ2v) is 7.63. The van der Waals surface area contributed by atoms with Gasteiger partial charge in [-0.3, -0.25) is 14.5 Å². The first kappa shape index (κ1) is 18.0. The average molecular weight is 347 g/mol. The number of H-pyrrole nitrogens is 1. The van der Waals surface area contributed by atoms with Crippen LogP contribution in [0.15, 0.2) is 17.1 Å². The van der Waals surface area contributed by atoms with Crippen LogP contribution in [0, 0.1) is 11.8 Å². The van der Waals surface area contributed by atoms with Gasteiger partial charge in [-0.1, -0.05) is 13.8 Å². The molecule has 1 aliphatic carbocycles. The van der Waals surface area contributed by atoms with Gasteiger partial charge in [-0.05, 0) is 31.1 Å². The SMILES string of the molecule is COc1c[nH]c(C(=O)N2CCCN(CC3CC3)C(C(C)C)C2)cc1=O. The Morgan fingerprint density at radius 2 is 2.12 bits per heavy atom. The maximum atomic E-state index is 12.9. The Morgan fingerprint density at radius 3 is 2.72 bits per heavy atom. The van der Waals surface area contributed by atoms with Crippen LogP contribution in [-0.2, 0) is 0 Å². The molecule has 1 saturated heterocycles. The van der Waals surface area contributed by atoms with Crippen LogP contribution in [0.1, 0.15) is 43.6 Å². The lowest BCUT2D eigenvalue weighted by Crippen LogP contribution is -2.46. The Morgan fingerprint density at radius 1 is 1.36 bits per heavy atom. The van der Waals surface area contributed by atoms with Gasteiger partial charge in [-0.2, -0.15) is 0 Å². The molecule has 2 aliphatic rings. The van der Waals surface area contributed by atoms with E-state index in [0.717, 1.165) is 38.5 Å². The summed E-state index contributed by atoms with van der Waals surface area (Å²) in [5.74, 6) is 1.46. The minimum atomic E-state index is -0.268. The molecule has 1 aromatic heterocycles. The van der Waals surface area contributed by atoms with Gasteiger partial charge in [-0.25, -0.2) is 0 Å². The minimum absolute atomic E-state index is 0.0984. The molecule has 1 atom stereocenters. The number of methoxy groups -OCH3 is 1. The predicted molar refractivity (Wildman–Crippen MR) is 97.1 cm³/mol. The van der Waals surface area contributed by atoms with E-state index in [-0.39, 0.29) is 17.1 Å². The summed E-state index contributed by atoms with van der Waals surface area (Å²) in [4.78, 5) is 32.3. The summed E-state index contributed by atoms with van der Waals surface area (Å²) in [6.07, 6.45) is 5.13. The molecule has 1 saturated carbocycles.